The van der Waals surface area contributed by atoms with E-state index in [0.29, 0.717) is 28.9 Å². The zero-order chi connectivity index (χ0) is 17.8. The molecule has 2 aromatic rings. The minimum Gasteiger partial charge on any atom is -0.494 e. The maximum Gasteiger partial charge on any atom is 0.276 e. The molecule has 1 amide bonds. The van der Waals surface area contributed by atoms with Crippen LogP contribution in [-0.4, -0.2) is 29.6 Å². The molecule has 0 radical (unpaired) electrons. The van der Waals surface area contributed by atoms with E-state index >= 15 is 0 Å². The number of likely N-dealkylation sites (N-methyl/N-ethyl adjacent to an activating group) is 1. The summed E-state index contributed by atoms with van der Waals surface area (Å²) in [4.78, 5) is 13.3. The van der Waals surface area contributed by atoms with Crippen LogP contribution in [0.5, 0.6) is 11.5 Å². The van der Waals surface area contributed by atoms with Gasteiger partial charge in [0.25, 0.3) is 5.91 Å². The minimum atomic E-state index is -0.186. The molecule has 0 saturated carbocycles. The molecule has 1 aromatic heterocycles. The number of benzene rings is 1. The molecule has 0 bridgehead atoms. The van der Waals surface area contributed by atoms with Gasteiger partial charge in [0.1, 0.15) is 35.3 Å². The zero-order valence-corrected chi connectivity index (χ0v) is 14.8. The van der Waals surface area contributed by atoms with Crippen LogP contribution in [0.25, 0.3) is 6.08 Å². The van der Waals surface area contributed by atoms with Crippen LogP contribution in [0.1, 0.15) is 18.4 Å². The number of thiocarbonyl (C=S) groups is 1. The fourth-order valence-electron chi connectivity index (χ4n) is 2.27. The lowest BCUT2D eigenvalue weighted by Crippen LogP contribution is -2.25. The van der Waals surface area contributed by atoms with Crippen LogP contribution < -0.4 is 14.8 Å². The molecule has 1 aliphatic rings. The average molecular weight is 358 g/mol. The van der Waals surface area contributed by atoms with Crippen molar-refractivity contribution in [3.8, 4) is 11.5 Å². The molecule has 0 unspecified atom stereocenters. The van der Waals surface area contributed by atoms with Crippen molar-refractivity contribution in [3.63, 3.8) is 0 Å². The molecule has 7 heteroatoms. The Morgan fingerprint density at radius 2 is 1.84 bits per heavy atom. The highest BCUT2D eigenvalue weighted by atomic mass is 32.1. The van der Waals surface area contributed by atoms with Crippen molar-refractivity contribution in [3.05, 3.63) is 53.6 Å². The topological polar surface area (TPSA) is 63.9 Å². The van der Waals surface area contributed by atoms with Crippen molar-refractivity contribution in [2.45, 2.75) is 13.5 Å². The number of nitrogens with one attached hydrogen (secondary N) is 1. The SMILES string of the molecule is CCOc1ccc(OCc2ccc(/C=C3/NC(=S)N(C)C3=O)o2)cc1. The normalized spacial score (nSPS) is 15.6. The minimum absolute atomic E-state index is 0.186. The van der Waals surface area contributed by atoms with Crippen LogP contribution >= 0.6 is 12.2 Å². The lowest BCUT2D eigenvalue weighted by molar-refractivity contribution is -0.121. The third-order valence-corrected chi connectivity index (χ3v) is 3.94. The van der Waals surface area contributed by atoms with Crippen molar-refractivity contribution in [1.82, 2.24) is 10.2 Å². The van der Waals surface area contributed by atoms with E-state index < -0.39 is 0 Å². The summed E-state index contributed by atoms with van der Waals surface area (Å²) in [6.07, 6.45) is 1.62. The molecule has 1 aliphatic heterocycles. The van der Waals surface area contributed by atoms with Gasteiger partial charge >= 0.3 is 0 Å². The van der Waals surface area contributed by atoms with Gasteiger partial charge in [-0.05, 0) is 55.5 Å². The molecule has 0 aliphatic carbocycles. The summed E-state index contributed by atoms with van der Waals surface area (Å²) in [5.41, 5.74) is 0.390. The van der Waals surface area contributed by atoms with Crippen molar-refractivity contribution >= 4 is 29.3 Å². The Morgan fingerprint density at radius 3 is 2.44 bits per heavy atom. The van der Waals surface area contributed by atoms with Gasteiger partial charge in [-0.3, -0.25) is 9.69 Å². The van der Waals surface area contributed by atoms with Gasteiger partial charge in [-0.25, -0.2) is 0 Å². The summed E-state index contributed by atoms with van der Waals surface area (Å²) in [6.45, 7) is 2.86. The Balaban J connectivity index is 1.60. The number of rotatable bonds is 6. The van der Waals surface area contributed by atoms with Crippen molar-refractivity contribution in [2.75, 3.05) is 13.7 Å². The fraction of sp³-hybridized carbons (Fsp3) is 0.222. The van der Waals surface area contributed by atoms with Gasteiger partial charge in [0.05, 0.1) is 6.61 Å². The van der Waals surface area contributed by atoms with Crippen molar-refractivity contribution in [1.29, 1.82) is 0 Å². The van der Waals surface area contributed by atoms with E-state index in [4.69, 9.17) is 26.1 Å². The predicted octanol–water partition coefficient (Wildman–Crippen LogP) is 2.94. The highest BCUT2D eigenvalue weighted by Crippen LogP contribution is 2.20. The number of ether oxygens (including phenoxy) is 2. The molecule has 0 spiro atoms. The third-order valence-electron chi connectivity index (χ3n) is 3.57. The number of hydrogen-bond acceptors (Lipinski definition) is 5. The monoisotopic (exact) mass is 358 g/mol. The van der Waals surface area contributed by atoms with Gasteiger partial charge in [0.2, 0.25) is 0 Å². The summed E-state index contributed by atoms with van der Waals surface area (Å²) in [6, 6.07) is 11.0. The standard InChI is InChI=1S/C18H18N2O4S/c1-3-22-12-4-6-13(7-5-12)23-11-15-9-8-14(24-15)10-16-17(21)20(2)18(25)19-16/h4-10H,3,11H2,1-2H3,(H,19,25)/b16-10+. The molecule has 2 heterocycles. The van der Waals surface area contributed by atoms with Gasteiger partial charge < -0.3 is 19.2 Å². The number of furan rings is 1. The Morgan fingerprint density at radius 1 is 1.16 bits per heavy atom. The molecule has 25 heavy (non-hydrogen) atoms. The zero-order valence-electron chi connectivity index (χ0n) is 13.9. The third kappa shape index (κ3) is 4.00. The molecular weight excluding hydrogens is 340 g/mol. The number of nitrogens with zero attached hydrogens (tertiary/aromatic N) is 1. The van der Waals surface area contributed by atoms with Crippen LogP contribution in [0.15, 0.2) is 46.5 Å². The molecule has 1 N–H and O–H groups in total. The Hall–Kier alpha value is -2.80. The average Bonchev–Trinajstić information content (AvgIpc) is 3.15. The van der Waals surface area contributed by atoms with E-state index in [1.165, 1.54) is 4.90 Å². The van der Waals surface area contributed by atoms with Gasteiger partial charge in [-0.1, -0.05) is 0 Å². The highest BCUT2D eigenvalue weighted by molar-refractivity contribution is 7.80. The van der Waals surface area contributed by atoms with Crippen molar-refractivity contribution in [2.24, 2.45) is 0 Å². The first kappa shape index (κ1) is 17.0. The largest absolute Gasteiger partial charge is 0.494 e. The maximum absolute atomic E-state index is 11.9. The van der Waals surface area contributed by atoms with Crippen LogP contribution in [0.4, 0.5) is 0 Å². The Bertz CT molecular complexity index is 811. The first-order chi connectivity index (χ1) is 12.1. The van der Waals surface area contributed by atoms with Crippen LogP contribution in [0.3, 0.4) is 0 Å². The Kier molecular flexibility index (Phi) is 5.04. The molecule has 1 aromatic carbocycles. The van der Waals surface area contributed by atoms with E-state index in [9.17, 15) is 4.79 Å². The molecular formula is C18H18N2O4S. The number of carbonyl (C=O) groups excluding carboxylic acids is 1. The lowest BCUT2D eigenvalue weighted by atomic mass is 10.3. The summed E-state index contributed by atoms with van der Waals surface area (Å²) in [5, 5.41) is 3.23. The second-order valence-electron chi connectivity index (χ2n) is 5.35. The van der Waals surface area contributed by atoms with Gasteiger partial charge in [-0.2, -0.15) is 0 Å². The molecule has 6 nitrogen and oxygen atoms in total. The first-order valence-electron chi connectivity index (χ1n) is 7.82. The smallest absolute Gasteiger partial charge is 0.276 e. The van der Waals surface area contributed by atoms with Crippen molar-refractivity contribution < 1.29 is 18.7 Å². The summed E-state index contributed by atoms with van der Waals surface area (Å²) in [7, 11) is 1.62. The number of carbonyl (C=O) groups is 1. The van der Waals surface area contributed by atoms with E-state index in [0.717, 1.165) is 11.5 Å². The number of amides is 1. The van der Waals surface area contributed by atoms with E-state index in [1.807, 2.05) is 37.3 Å². The van der Waals surface area contributed by atoms with Gasteiger partial charge in [-0.15, -0.1) is 0 Å². The van der Waals surface area contributed by atoms with Crippen LogP contribution in [0.2, 0.25) is 0 Å². The highest BCUT2D eigenvalue weighted by Gasteiger charge is 2.27. The van der Waals surface area contributed by atoms with Crippen LogP contribution in [-0.2, 0) is 11.4 Å². The van der Waals surface area contributed by atoms with E-state index in [1.54, 1.807) is 19.2 Å². The quantitative estimate of drug-likeness (QED) is 0.633. The van der Waals surface area contributed by atoms with Gasteiger partial charge in [0.15, 0.2) is 5.11 Å². The van der Waals surface area contributed by atoms with E-state index in [-0.39, 0.29) is 12.5 Å². The molecule has 130 valence electrons. The number of hydrogen-bond donors (Lipinski definition) is 1. The Labute approximate surface area is 151 Å². The fourth-order valence-corrected chi connectivity index (χ4v) is 2.46. The first-order valence-corrected chi connectivity index (χ1v) is 8.22. The summed E-state index contributed by atoms with van der Waals surface area (Å²) >= 11 is 5.03. The second-order valence-corrected chi connectivity index (χ2v) is 5.74. The molecule has 1 saturated heterocycles. The maximum atomic E-state index is 11.9. The van der Waals surface area contributed by atoms with E-state index in [2.05, 4.69) is 5.32 Å². The lowest BCUT2D eigenvalue weighted by Gasteiger charge is -2.06. The van der Waals surface area contributed by atoms with Gasteiger partial charge in [0, 0.05) is 13.1 Å². The molecule has 3 rings (SSSR count). The summed E-state index contributed by atoms with van der Waals surface area (Å²) < 4.78 is 16.7. The molecule has 0 atom stereocenters. The second kappa shape index (κ2) is 7.40. The van der Waals surface area contributed by atoms with Crippen LogP contribution in [0, 0.1) is 0 Å². The predicted molar refractivity (Wildman–Crippen MR) is 97.1 cm³/mol. The summed E-state index contributed by atoms with van der Waals surface area (Å²) in [5.74, 6) is 2.55. The molecule has 1 fully saturated rings.